The number of rotatable bonds is 2. The van der Waals surface area contributed by atoms with Gasteiger partial charge in [-0.3, -0.25) is 0 Å². The van der Waals surface area contributed by atoms with Crippen LogP contribution in [-0.4, -0.2) is 23.1 Å². The summed E-state index contributed by atoms with van der Waals surface area (Å²) < 4.78 is 0. The van der Waals surface area contributed by atoms with E-state index in [1.165, 1.54) is 24.8 Å². The summed E-state index contributed by atoms with van der Waals surface area (Å²) in [5.41, 5.74) is 3.35. The highest BCUT2D eigenvalue weighted by molar-refractivity contribution is 5.91. The van der Waals surface area contributed by atoms with Gasteiger partial charge >= 0.3 is 0 Å². The molecule has 0 radical (unpaired) electrons. The Kier molecular flexibility index (Phi) is 3.70. The minimum absolute atomic E-state index is 0.827. The molecule has 0 bridgehead atoms. The first-order chi connectivity index (χ1) is 11.3. The number of aryl methyl sites for hydroxylation is 1. The van der Waals surface area contributed by atoms with E-state index in [4.69, 9.17) is 9.97 Å². The van der Waals surface area contributed by atoms with Crippen molar-refractivity contribution in [2.75, 3.05) is 18.0 Å². The largest absolute Gasteiger partial charge is 0.356 e. The van der Waals surface area contributed by atoms with Crippen molar-refractivity contribution >= 4 is 16.7 Å². The molecule has 0 atom stereocenters. The Morgan fingerprint density at radius 3 is 2.52 bits per heavy atom. The van der Waals surface area contributed by atoms with Crippen molar-refractivity contribution in [1.82, 2.24) is 9.97 Å². The lowest BCUT2D eigenvalue weighted by molar-refractivity contribution is 0.575. The van der Waals surface area contributed by atoms with Gasteiger partial charge in [0.2, 0.25) is 0 Å². The Morgan fingerprint density at radius 2 is 1.70 bits per heavy atom. The first-order valence-corrected chi connectivity index (χ1v) is 8.40. The summed E-state index contributed by atoms with van der Waals surface area (Å²) in [6.07, 6.45) is 3.82. The van der Waals surface area contributed by atoms with Crippen molar-refractivity contribution < 1.29 is 0 Å². The van der Waals surface area contributed by atoms with Crippen molar-refractivity contribution in [3.63, 3.8) is 0 Å². The van der Waals surface area contributed by atoms with Crippen LogP contribution in [-0.2, 0) is 0 Å². The molecule has 2 heterocycles. The van der Waals surface area contributed by atoms with Gasteiger partial charge in [0.05, 0.1) is 5.52 Å². The predicted octanol–water partition coefficient (Wildman–Crippen LogP) is 4.60. The maximum atomic E-state index is 4.95. The fourth-order valence-corrected chi connectivity index (χ4v) is 3.32. The summed E-state index contributed by atoms with van der Waals surface area (Å²) in [5, 5.41) is 1.16. The molecule has 116 valence electrons. The SMILES string of the molecule is Cc1cccc(-c2nc(N3CCCCC3)c3ccccc3n2)c1. The van der Waals surface area contributed by atoms with Crippen LogP contribution in [0, 0.1) is 6.92 Å². The van der Waals surface area contributed by atoms with E-state index in [1.54, 1.807) is 0 Å². The fraction of sp³-hybridized carbons (Fsp3) is 0.300. The molecule has 1 aromatic heterocycles. The van der Waals surface area contributed by atoms with Gasteiger partial charge in [-0.2, -0.15) is 0 Å². The normalized spacial score (nSPS) is 15.1. The molecule has 3 nitrogen and oxygen atoms in total. The van der Waals surface area contributed by atoms with E-state index in [-0.39, 0.29) is 0 Å². The zero-order chi connectivity index (χ0) is 15.6. The van der Waals surface area contributed by atoms with Crippen LogP contribution < -0.4 is 4.90 Å². The van der Waals surface area contributed by atoms with Crippen LogP contribution in [0.25, 0.3) is 22.3 Å². The fourth-order valence-electron chi connectivity index (χ4n) is 3.32. The number of aromatic nitrogens is 2. The van der Waals surface area contributed by atoms with Gasteiger partial charge in [-0.25, -0.2) is 9.97 Å². The summed E-state index contributed by atoms with van der Waals surface area (Å²) >= 11 is 0. The van der Waals surface area contributed by atoms with Crippen LogP contribution in [0.1, 0.15) is 24.8 Å². The van der Waals surface area contributed by atoms with Gasteiger partial charge in [-0.05, 0) is 44.4 Å². The number of hydrogen-bond acceptors (Lipinski definition) is 3. The van der Waals surface area contributed by atoms with E-state index < -0.39 is 0 Å². The molecular formula is C20H21N3. The number of anilines is 1. The Morgan fingerprint density at radius 1 is 0.870 bits per heavy atom. The quantitative estimate of drug-likeness (QED) is 0.693. The third-order valence-corrected chi connectivity index (χ3v) is 4.51. The third-order valence-electron chi connectivity index (χ3n) is 4.51. The van der Waals surface area contributed by atoms with Crippen LogP contribution in [0.4, 0.5) is 5.82 Å². The molecule has 0 spiro atoms. The van der Waals surface area contributed by atoms with E-state index in [1.807, 2.05) is 0 Å². The number of benzene rings is 2. The monoisotopic (exact) mass is 303 g/mol. The molecule has 0 saturated carbocycles. The van der Waals surface area contributed by atoms with E-state index >= 15 is 0 Å². The van der Waals surface area contributed by atoms with E-state index in [0.717, 1.165) is 41.2 Å². The predicted molar refractivity (Wildman–Crippen MR) is 95.8 cm³/mol. The standard InChI is InChI=1S/C20H21N3/c1-15-8-7-9-16(14-15)19-21-18-11-4-3-10-17(18)20(22-19)23-12-5-2-6-13-23/h3-4,7-11,14H,2,5-6,12-13H2,1H3. The molecule has 1 fully saturated rings. The molecule has 4 rings (SSSR count). The lowest BCUT2D eigenvalue weighted by Gasteiger charge is -2.29. The summed E-state index contributed by atoms with van der Waals surface area (Å²) in [4.78, 5) is 12.2. The third kappa shape index (κ3) is 2.79. The lowest BCUT2D eigenvalue weighted by Crippen LogP contribution is -2.30. The molecule has 0 amide bonds. The number of piperidine rings is 1. The second-order valence-corrected chi connectivity index (χ2v) is 6.31. The zero-order valence-electron chi connectivity index (χ0n) is 13.5. The maximum Gasteiger partial charge on any atom is 0.162 e. The van der Waals surface area contributed by atoms with Gasteiger partial charge in [0.1, 0.15) is 5.82 Å². The number of fused-ring (bicyclic) bond motifs is 1. The van der Waals surface area contributed by atoms with Gasteiger partial charge in [-0.1, -0.05) is 35.9 Å². The van der Waals surface area contributed by atoms with Crippen LogP contribution in [0.15, 0.2) is 48.5 Å². The molecule has 1 saturated heterocycles. The summed E-state index contributed by atoms with van der Waals surface area (Å²) in [5.74, 6) is 1.92. The number of nitrogens with zero attached hydrogens (tertiary/aromatic N) is 3. The molecule has 0 N–H and O–H groups in total. The van der Waals surface area contributed by atoms with Gasteiger partial charge in [0, 0.05) is 24.0 Å². The highest BCUT2D eigenvalue weighted by Crippen LogP contribution is 2.29. The van der Waals surface area contributed by atoms with Crippen LogP contribution in [0.2, 0.25) is 0 Å². The minimum Gasteiger partial charge on any atom is -0.356 e. The molecule has 0 aliphatic carbocycles. The molecule has 3 aromatic rings. The summed E-state index contributed by atoms with van der Waals surface area (Å²) in [7, 11) is 0. The van der Waals surface area contributed by atoms with Crippen molar-refractivity contribution in [3.05, 3.63) is 54.1 Å². The van der Waals surface area contributed by atoms with Crippen LogP contribution >= 0.6 is 0 Å². The first kappa shape index (κ1) is 14.2. The van der Waals surface area contributed by atoms with Crippen molar-refractivity contribution in [3.8, 4) is 11.4 Å². The Bertz CT molecular complexity index is 835. The zero-order valence-corrected chi connectivity index (χ0v) is 13.5. The summed E-state index contributed by atoms with van der Waals surface area (Å²) in [6.45, 7) is 4.29. The van der Waals surface area contributed by atoms with Crippen LogP contribution in [0.3, 0.4) is 0 Å². The second-order valence-electron chi connectivity index (χ2n) is 6.31. The lowest BCUT2D eigenvalue weighted by atomic mass is 10.1. The molecule has 1 aliphatic heterocycles. The highest BCUT2D eigenvalue weighted by atomic mass is 15.2. The van der Waals surface area contributed by atoms with E-state index in [9.17, 15) is 0 Å². The van der Waals surface area contributed by atoms with Gasteiger partial charge < -0.3 is 4.90 Å². The molecule has 23 heavy (non-hydrogen) atoms. The van der Waals surface area contributed by atoms with Crippen molar-refractivity contribution in [2.45, 2.75) is 26.2 Å². The molecule has 1 aliphatic rings. The number of hydrogen-bond donors (Lipinski definition) is 0. The van der Waals surface area contributed by atoms with Gasteiger partial charge in [0.25, 0.3) is 0 Å². The Labute approximate surface area is 137 Å². The average molecular weight is 303 g/mol. The number of para-hydroxylation sites is 1. The Hall–Kier alpha value is -2.42. The maximum absolute atomic E-state index is 4.95. The smallest absolute Gasteiger partial charge is 0.162 e. The topological polar surface area (TPSA) is 29.0 Å². The van der Waals surface area contributed by atoms with Gasteiger partial charge in [0.15, 0.2) is 5.82 Å². The van der Waals surface area contributed by atoms with Gasteiger partial charge in [-0.15, -0.1) is 0 Å². The molecule has 0 unspecified atom stereocenters. The minimum atomic E-state index is 0.827. The van der Waals surface area contributed by atoms with E-state index in [2.05, 4.69) is 60.4 Å². The first-order valence-electron chi connectivity index (χ1n) is 8.40. The average Bonchev–Trinajstić information content (AvgIpc) is 2.61. The molecule has 2 aromatic carbocycles. The van der Waals surface area contributed by atoms with Crippen molar-refractivity contribution in [2.24, 2.45) is 0 Å². The highest BCUT2D eigenvalue weighted by Gasteiger charge is 2.17. The van der Waals surface area contributed by atoms with E-state index in [0.29, 0.717) is 0 Å². The second kappa shape index (κ2) is 5.99. The Balaban J connectivity index is 1.89. The van der Waals surface area contributed by atoms with Crippen molar-refractivity contribution in [1.29, 1.82) is 0 Å². The molecule has 3 heteroatoms. The van der Waals surface area contributed by atoms with Crippen LogP contribution in [0.5, 0.6) is 0 Å². The summed E-state index contributed by atoms with van der Waals surface area (Å²) in [6, 6.07) is 16.8. The molecular weight excluding hydrogens is 282 g/mol.